The quantitative estimate of drug-likeness (QED) is 0.863. The maximum atomic E-state index is 10.0. The number of benzene rings is 1. The molecule has 0 amide bonds. The number of methoxy groups -OCH3 is 1. The minimum Gasteiger partial charge on any atom is -0.497 e. The van der Waals surface area contributed by atoms with Crippen LogP contribution in [0.1, 0.15) is 32.3 Å². The molecule has 0 bridgehead atoms. The lowest BCUT2D eigenvalue weighted by Gasteiger charge is -2.18. The summed E-state index contributed by atoms with van der Waals surface area (Å²) in [6.45, 7) is 5.03. The van der Waals surface area contributed by atoms with Crippen LogP contribution in [0.15, 0.2) is 24.3 Å². The fraction of sp³-hybridized carbons (Fsp3) is 0.600. The topological polar surface area (TPSA) is 41.5 Å². The van der Waals surface area contributed by atoms with Crippen LogP contribution in [0.3, 0.4) is 0 Å². The second-order valence-corrected chi connectivity index (χ2v) is 4.32. The molecule has 0 radical (unpaired) electrons. The van der Waals surface area contributed by atoms with Crippen LogP contribution in [0.25, 0.3) is 0 Å². The molecule has 2 unspecified atom stereocenters. The van der Waals surface area contributed by atoms with Crippen molar-refractivity contribution in [3.63, 3.8) is 0 Å². The third kappa shape index (κ3) is 4.31. The van der Waals surface area contributed by atoms with E-state index in [4.69, 9.17) is 4.74 Å². The fourth-order valence-electron chi connectivity index (χ4n) is 2.19. The third-order valence-corrected chi connectivity index (χ3v) is 3.17. The Kier molecular flexibility index (Phi) is 6.76. The van der Waals surface area contributed by atoms with Gasteiger partial charge in [0.05, 0.1) is 13.2 Å². The van der Waals surface area contributed by atoms with Gasteiger partial charge in [0.1, 0.15) is 5.75 Å². The molecule has 1 aromatic carbocycles. The molecule has 1 aliphatic rings. The highest BCUT2D eigenvalue weighted by atomic mass is 16.5. The minimum atomic E-state index is -0.282. The van der Waals surface area contributed by atoms with Crippen LogP contribution in [-0.2, 0) is 6.42 Å². The summed E-state index contributed by atoms with van der Waals surface area (Å²) in [5.41, 5.74) is 1.15. The second-order valence-electron chi connectivity index (χ2n) is 4.32. The molecule has 1 fully saturated rings. The molecule has 3 nitrogen and oxygen atoms in total. The number of aliphatic hydroxyl groups excluding tert-OH is 1. The molecule has 2 N–H and O–H groups in total. The average molecular weight is 251 g/mol. The van der Waals surface area contributed by atoms with Gasteiger partial charge >= 0.3 is 0 Å². The van der Waals surface area contributed by atoms with E-state index in [0.29, 0.717) is 6.42 Å². The van der Waals surface area contributed by atoms with Gasteiger partial charge < -0.3 is 15.2 Å². The van der Waals surface area contributed by atoms with Gasteiger partial charge in [-0.1, -0.05) is 26.0 Å². The number of rotatable bonds is 4. The van der Waals surface area contributed by atoms with E-state index in [1.165, 1.54) is 6.42 Å². The molecular formula is C15H25NO2. The predicted molar refractivity (Wildman–Crippen MR) is 75.1 cm³/mol. The van der Waals surface area contributed by atoms with Gasteiger partial charge in [0, 0.05) is 6.04 Å². The van der Waals surface area contributed by atoms with E-state index in [1.54, 1.807) is 7.11 Å². The van der Waals surface area contributed by atoms with Crippen LogP contribution >= 0.6 is 0 Å². The minimum absolute atomic E-state index is 0.266. The highest BCUT2D eigenvalue weighted by molar-refractivity contribution is 5.27. The number of nitrogens with one attached hydrogen (secondary N) is 1. The van der Waals surface area contributed by atoms with E-state index in [2.05, 4.69) is 5.32 Å². The van der Waals surface area contributed by atoms with Crippen molar-refractivity contribution in [1.29, 1.82) is 0 Å². The molecule has 102 valence electrons. The maximum absolute atomic E-state index is 10.0. The first kappa shape index (κ1) is 15.0. The standard InChI is InChI=1S/C13H19NO2.C2H6/c1-16-11-6-4-10(5-7-11)9-13(15)12-3-2-8-14-12;1-2/h4-7,12-15H,2-3,8-9H2,1H3;1-2H3. The Bertz CT molecular complexity index is 318. The SMILES string of the molecule is CC.COc1ccc(CC(O)C2CCCN2)cc1. The van der Waals surface area contributed by atoms with E-state index >= 15 is 0 Å². The van der Waals surface area contributed by atoms with Gasteiger partial charge in [-0.05, 0) is 43.5 Å². The Morgan fingerprint density at radius 3 is 2.50 bits per heavy atom. The number of ether oxygens (including phenoxy) is 1. The molecule has 2 rings (SSSR count). The zero-order valence-corrected chi connectivity index (χ0v) is 11.6. The summed E-state index contributed by atoms with van der Waals surface area (Å²) in [6.07, 6.45) is 2.68. The monoisotopic (exact) mass is 251 g/mol. The van der Waals surface area contributed by atoms with Crippen molar-refractivity contribution in [2.45, 2.75) is 45.3 Å². The van der Waals surface area contributed by atoms with E-state index in [9.17, 15) is 5.11 Å². The summed E-state index contributed by atoms with van der Waals surface area (Å²) >= 11 is 0. The van der Waals surface area contributed by atoms with Gasteiger partial charge in [-0.15, -0.1) is 0 Å². The normalized spacial score (nSPS) is 19.9. The van der Waals surface area contributed by atoms with E-state index < -0.39 is 0 Å². The zero-order chi connectivity index (χ0) is 13.4. The Hall–Kier alpha value is -1.06. The van der Waals surface area contributed by atoms with Gasteiger partial charge in [0.15, 0.2) is 0 Å². The summed E-state index contributed by atoms with van der Waals surface area (Å²) < 4.78 is 5.10. The number of hydrogen-bond donors (Lipinski definition) is 2. The van der Waals surface area contributed by atoms with Gasteiger partial charge in [-0.3, -0.25) is 0 Å². The Morgan fingerprint density at radius 1 is 1.33 bits per heavy atom. The first-order chi connectivity index (χ1) is 8.79. The Labute approximate surface area is 110 Å². The van der Waals surface area contributed by atoms with Crippen molar-refractivity contribution < 1.29 is 9.84 Å². The molecule has 3 heteroatoms. The first-order valence-corrected chi connectivity index (χ1v) is 6.84. The average Bonchev–Trinajstić information content (AvgIpc) is 2.96. The van der Waals surface area contributed by atoms with Crippen LogP contribution in [0.5, 0.6) is 5.75 Å². The summed E-state index contributed by atoms with van der Waals surface area (Å²) in [6, 6.07) is 8.16. The van der Waals surface area contributed by atoms with Gasteiger partial charge in [-0.2, -0.15) is 0 Å². The molecule has 2 atom stereocenters. The van der Waals surface area contributed by atoms with Crippen molar-refractivity contribution >= 4 is 0 Å². The summed E-state index contributed by atoms with van der Waals surface area (Å²) in [5, 5.41) is 13.4. The van der Waals surface area contributed by atoms with Crippen LogP contribution in [-0.4, -0.2) is 30.9 Å². The molecule has 1 aromatic rings. The van der Waals surface area contributed by atoms with Crippen molar-refractivity contribution in [2.24, 2.45) is 0 Å². The fourth-order valence-corrected chi connectivity index (χ4v) is 2.19. The van der Waals surface area contributed by atoms with Gasteiger partial charge in [-0.25, -0.2) is 0 Å². The van der Waals surface area contributed by atoms with Gasteiger partial charge in [0.25, 0.3) is 0 Å². The molecule has 1 saturated heterocycles. The van der Waals surface area contributed by atoms with Crippen LogP contribution in [0.2, 0.25) is 0 Å². The van der Waals surface area contributed by atoms with Crippen LogP contribution in [0.4, 0.5) is 0 Å². The summed E-state index contributed by atoms with van der Waals surface area (Å²) in [5.74, 6) is 0.859. The molecule has 18 heavy (non-hydrogen) atoms. The number of aliphatic hydroxyl groups is 1. The molecule has 1 heterocycles. The lowest BCUT2D eigenvalue weighted by atomic mass is 10.0. The smallest absolute Gasteiger partial charge is 0.118 e. The zero-order valence-electron chi connectivity index (χ0n) is 11.6. The van der Waals surface area contributed by atoms with Crippen molar-refractivity contribution in [2.75, 3.05) is 13.7 Å². The Morgan fingerprint density at radius 2 is 2.00 bits per heavy atom. The van der Waals surface area contributed by atoms with E-state index in [0.717, 1.165) is 24.3 Å². The molecule has 0 aliphatic carbocycles. The van der Waals surface area contributed by atoms with E-state index in [-0.39, 0.29) is 12.1 Å². The summed E-state index contributed by atoms with van der Waals surface area (Å²) in [7, 11) is 1.66. The highest BCUT2D eigenvalue weighted by Crippen LogP contribution is 2.16. The highest BCUT2D eigenvalue weighted by Gasteiger charge is 2.22. The van der Waals surface area contributed by atoms with E-state index in [1.807, 2.05) is 38.1 Å². The molecule has 0 aromatic heterocycles. The Balaban J connectivity index is 0.000000771. The van der Waals surface area contributed by atoms with Gasteiger partial charge in [0.2, 0.25) is 0 Å². The van der Waals surface area contributed by atoms with Crippen molar-refractivity contribution in [3.05, 3.63) is 29.8 Å². The predicted octanol–water partition coefficient (Wildman–Crippen LogP) is 2.38. The molecular weight excluding hydrogens is 226 g/mol. The van der Waals surface area contributed by atoms with Crippen LogP contribution in [0, 0.1) is 0 Å². The summed E-state index contributed by atoms with van der Waals surface area (Å²) in [4.78, 5) is 0. The van der Waals surface area contributed by atoms with Crippen molar-refractivity contribution in [1.82, 2.24) is 5.32 Å². The maximum Gasteiger partial charge on any atom is 0.118 e. The third-order valence-electron chi connectivity index (χ3n) is 3.17. The van der Waals surface area contributed by atoms with Crippen molar-refractivity contribution in [3.8, 4) is 5.75 Å². The largest absolute Gasteiger partial charge is 0.497 e. The lowest BCUT2D eigenvalue weighted by molar-refractivity contribution is 0.136. The lowest BCUT2D eigenvalue weighted by Crippen LogP contribution is -2.36. The van der Waals surface area contributed by atoms with Crippen LogP contribution < -0.4 is 10.1 Å². The second kappa shape index (κ2) is 8.11. The first-order valence-electron chi connectivity index (χ1n) is 6.84. The molecule has 0 saturated carbocycles. The molecule has 0 spiro atoms. The number of hydrogen-bond acceptors (Lipinski definition) is 3. The molecule has 1 aliphatic heterocycles.